The van der Waals surface area contributed by atoms with Crippen molar-refractivity contribution in [1.82, 2.24) is 0 Å². The smallest absolute Gasteiger partial charge is 0.0622 e. The van der Waals surface area contributed by atoms with E-state index in [9.17, 15) is 0 Å². The fraction of sp³-hybridized carbons (Fsp3) is 0. The van der Waals surface area contributed by atoms with Crippen LogP contribution in [0.5, 0.6) is 0 Å². The molecule has 3 rings (SSSR count). The van der Waals surface area contributed by atoms with Gasteiger partial charge in [0.15, 0.2) is 0 Å². The Morgan fingerprint density at radius 2 is 1.25 bits per heavy atom. The summed E-state index contributed by atoms with van der Waals surface area (Å²) in [4.78, 5) is 0. The van der Waals surface area contributed by atoms with Crippen molar-refractivity contribution in [1.29, 1.82) is 0 Å². The lowest BCUT2D eigenvalue weighted by Gasteiger charge is -2.08. The molecule has 0 aliphatic heterocycles. The molecule has 96 valence electrons. The summed E-state index contributed by atoms with van der Waals surface area (Å²) in [5.41, 5.74) is 5.03. The third kappa shape index (κ3) is 2.86. The molecule has 2 aromatic rings. The predicted octanol–water partition coefficient (Wildman–Crippen LogP) is 5.27. The van der Waals surface area contributed by atoms with Crippen molar-refractivity contribution in [3.8, 4) is 0 Å². The summed E-state index contributed by atoms with van der Waals surface area (Å²) in [5.74, 6) is 0. The van der Waals surface area contributed by atoms with Gasteiger partial charge in [0.1, 0.15) is 5.57 Å². The zero-order chi connectivity index (χ0) is 12.9. The lowest BCUT2D eigenvalue weighted by molar-refractivity contribution is 1.46. The van der Waals surface area contributed by atoms with E-state index in [1.807, 2.05) is 0 Å². The molecule has 20 heavy (non-hydrogen) atoms. The topological polar surface area (TPSA) is 0 Å². The molecule has 0 nitrogen and oxygen atoms in total. The Hall–Kier alpha value is -2.60. The lowest BCUT2D eigenvalue weighted by atomic mass is 9.90. The number of hydrogen-bond donors (Lipinski definition) is 0. The Bertz CT molecular complexity index is 587. The standard InChI is InChI=1S/C19H15.CH3/c1-4-10-16(11-5-1)19(17-12-6-2-7-13-17)18-14-8-3-9-15-18;/h1-15H;1H3/q2*+1. The van der Waals surface area contributed by atoms with Gasteiger partial charge in [-0.3, -0.25) is 0 Å². The van der Waals surface area contributed by atoms with Gasteiger partial charge in [-0.15, -0.1) is 0 Å². The molecular weight excluding hydrogens is 240 g/mol. The van der Waals surface area contributed by atoms with Crippen molar-refractivity contribution in [3.63, 3.8) is 0 Å². The number of benzene rings is 2. The highest BCUT2D eigenvalue weighted by Gasteiger charge is 2.16. The fourth-order valence-corrected chi connectivity index (χ4v) is 2.31. The molecule has 0 radical (unpaired) electrons. The van der Waals surface area contributed by atoms with Crippen LogP contribution in [-0.2, 0) is 0 Å². The maximum atomic E-state index is 2.16. The van der Waals surface area contributed by atoms with Gasteiger partial charge in [-0.25, -0.2) is 0 Å². The molecule has 0 heterocycles. The van der Waals surface area contributed by atoms with Crippen LogP contribution in [0.15, 0.2) is 90.5 Å². The van der Waals surface area contributed by atoms with Gasteiger partial charge in [-0.05, 0) is 24.3 Å². The maximum absolute atomic E-state index is 2.16. The third-order valence-corrected chi connectivity index (χ3v) is 3.19. The Labute approximate surface area is 121 Å². The number of allylic oxidation sites excluding steroid dienone is 5. The molecule has 0 N–H and O–H groups in total. The number of hydrogen-bond acceptors (Lipinski definition) is 0. The Balaban J connectivity index is 0.00000147. The predicted molar refractivity (Wildman–Crippen MR) is 87.9 cm³/mol. The van der Waals surface area contributed by atoms with Crippen LogP contribution in [0, 0.1) is 13.8 Å². The van der Waals surface area contributed by atoms with Crippen molar-refractivity contribution >= 4 is 5.57 Å². The molecule has 1 aliphatic carbocycles. The molecule has 2 aromatic carbocycles. The van der Waals surface area contributed by atoms with E-state index < -0.39 is 0 Å². The van der Waals surface area contributed by atoms with Crippen LogP contribution in [0.1, 0.15) is 11.1 Å². The van der Waals surface area contributed by atoms with E-state index in [2.05, 4.69) is 91.4 Å². The molecule has 0 saturated carbocycles. The van der Waals surface area contributed by atoms with E-state index >= 15 is 0 Å². The van der Waals surface area contributed by atoms with Crippen LogP contribution in [0.25, 0.3) is 5.57 Å². The summed E-state index contributed by atoms with van der Waals surface area (Å²) in [6.45, 7) is 0. The monoisotopic (exact) mass is 258 g/mol. The van der Waals surface area contributed by atoms with E-state index in [4.69, 9.17) is 0 Å². The van der Waals surface area contributed by atoms with Crippen LogP contribution < -0.4 is 0 Å². The minimum atomic E-state index is 0. The van der Waals surface area contributed by atoms with Crippen LogP contribution in [-0.4, -0.2) is 0 Å². The highest BCUT2D eigenvalue weighted by molar-refractivity contribution is 5.85. The molecule has 0 amide bonds. The maximum Gasteiger partial charge on any atom is 0.105 e. The van der Waals surface area contributed by atoms with E-state index in [-0.39, 0.29) is 7.43 Å². The second-order valence-corrected chi connectivity index (χ2v) is 4.47. The summed E-state index contributed by atoms with van der Waals surface area (Å²) in [5, 5.41) is 0. The zero-order valence-electron chi connectivity index (χ0n) is 11.7. The molecular formula is C20H18+2. The zero-order valence-corrected chi connectivity index (χ0v) is 11.7. The third-order valence-electron chi connectivity index (χ3n) is 3.19. The normalized spacial score (nSPS) is 12.5. The lowest BCUT2D eigenvalue weighted by Crippen LogP contribution is -1.94. The summed E-state index contributed by atoms with van der Waals surface area (Å²) < 4.78 is 0. The quantitative estimate of drug-likeness (QED) is 0.644. The van der Waals surface area contributed by atoms with Gasteiger partial charge in [-0.2, -0.15) is 0 Å². The van der Waals surface area contributed by atoms with Gasteiger partial charge in [0.05, 0.1) is 5.57 Å². The van der Waals surface area contributed by atoms with Crippen molar-refractivity contribution < 1.29 is 0 Å². The molecule has 0 bridgehead atoms. The van der Waals surface area contributed by atoms with Gasteiger partial charge >= 0.3 is 0 Å². The van der Waals surface area contributed by atoms with E-state index in [1.54, 1.807) is 0 Å². The molecule has 0 fully saturated rings. The van der Waals surface area contributed by atoms with Crippen molar-refractivity contribution in [3.05, 3.63) is 116 Å². The molecule has 0 atom stereocenters. The summed E-state index contributed by atoms with van der Waals surface area (Å²) in [7, 11) is 0. The molecule has 0 saturated heterocycles. The molecule has 1 aliphatic rings. The van der Waals surface area contributed by atoms with Gasteiger partial charge in [-0.1, -0.05) is 36.4 Å². The molecule has 0 aromatic heterocycles. The Kier molecular flexibility index (Phi) is 4.52. The van der Waals surface area contributed by atoms with Crippen LogP contribution in [0.2, 0.25) is 0 Å². The second-order valence-electron chi connectivity index (χ2n) is 4.47. The van der Waals surface area contributed by atoms with Gasteiger partial charge < -0.3 is 0 Å². The Morgan fingerprint density at radius 1 is 0.700 bits per heavy atom. The van der Waals surface area contributed by atoms with E-state index in [1.165, 1.54) is 22.3 Å². The van der Waals surface area contributed by atoms with Gasteiger partial charge in [0.25, 0.3) is 0 Å². The number of rotatable bonds is 2. The van der Waals surface area contributed by atoms with E-state index in [0.717, 1.165) is 0 Å². The minimum Gasteiger partial charge on any atom is -0.0622 e. The average molecular weight is 258 g/mol. The first-order valence-electron chi connectivity index (χ1n) is 6.48. The largest absolute Gasteiger partial charge is 0.105 e. The van der Waals surface area contributed by atoms with Gasteiger partial charge in [0, 0.05) is 49.3 Å². The Morgan fingerprint density at radius 3 is 1.70 bits per heavy atom. The van der Waals surface area contributed by atoms with Crippen molar-refractivity contribution in [2.45, 2.75) is 0 Å². The highest BCUT2D eigenvalue weighted by Crippen LogP contribution is 2.29. The van der Waals surface area contributed by atoms with Gasteiger partial charge in [0.2, 0.25) is 0 Å². The van der Waals surface area contributed by atoms with Crippen LogP contribution >= 0.6 is 0 Å². The minimum absolute atomic E-state index is 0. The highest BCUT2D eigenvalue weighted by atomic mass is 14.1. The molecule has 0 heteroatoms. The molecule has 0 spiro atoms. The first kappa shape index (κ1) is 13.8. The SMILES string of the molecule is C1=C[CH+]C(=C(c2ccccc2)c2ccccc2)C=C1.[CH3+]. The first-order chi connectivity index (χ1) is 9.45. The van der Waals surface area contributed by atoms with Crippen molar-refractivity contribution in [2.24, 2.45) is 0 Å². The fourth-order valence-electron chi connectivity index (χ4n) is 2.31. The summed E-state index contributed by atoms with van der Waals surface area (Å²) >= 11 is 0. The second kappa shape index (κ2) is 6.53. The van der Waals surface area contributed by atoms with Crippen LogP contribution in [0.3, 0.4) is 0 Å². The summed E-state index contributed by atoms with van der Waals surface area (Å²) in [6, 6.07) is 21.1. The van der Waals surface area contributed by atoms with Crippen LogP contribution in [0.4, 0.5) is 0 Å². The first-order valence-corrected chi connectivity index (χ1v) is 6.48. The van der Waals surface area contributed by atoms with Crippen molar-refractivity contribution in [2.75, 3.05) is 0 Å². The average Bonchev–Trinajstić information content (AvgIpc) is 2.51. The van der Waals surface area contributed by atoms with E-state index in [0.29, 0.717) is 0 Å². The molecule has 0 unspecified atom stereocenters. The summed E-state index contributed by atoms with van der Waals surface area (Å²) in [6.07, 6.45) is 10.5.